The van der Waals surface area contributed by atoms with Gasteiger partial charge in [0.25, 0.3) is 0 Å². The first-order valence-electron chi connectivity index (χ1n) is 6.35. The van der Waals surface area contributed by atoms with Crippen LogP contribution in [-0.4, -0.2) is 0 Å². The third-order valence-corrected chi connectivity index (χ3v) is 3.75. The monoisotopic (exact) mass is 285 g/mol. The summed E-state index contributed by atoms with van der Waals surface area (Å²) in [6.07, 6.45) is 0. The van der Waals surface area contributed by atoms with Crippen molar-refractivity contribution in [3.05, 3.63) is 82.6 Å². The van der Waals surface area contributed by atoms with E-state index in [0.717, 1.165) is 21.9 Å². The van der Waals surface area contributed by atoms with Gasteiger partial charge in [-0.15, -0.1) is 0 Å². The lowest BCUT2D eigenvalue weighted by Crippen LogP contribution is -2.12. The molecule has 0 aromatic heterocycles. The summed E-state index contributed by atoms with van der Waals surface area (Å²) in [6, 6.07) is 18.3. The van der Waals surface area contributed by atoms with Gasteiger partial charge in [0.05, 0.1) is 11.1 Å². The Morgan fingerprint density at radius 2 is 1.70 bits per heavy atom. The van der Waals surface area contributed by atoms with Gasteiger partial charge in [-0.2, -0.15) is 0 Å². The Kier molecular flexibility index (Phi) is 3.43. The van der Waals surface area contributed by atoms with Crippen LogP contribution in [0.4, 0.5) is 4.39 Å². The molecular weight excluding hydrogens is 273 g/mol. The number of benzene rings is 3. The second kappa shape index (κ2) is 5.23. The number of fused-ring (bicyclic) bond motifs is 1. The smallest absolute Gasteiger partial charge is 0.141 e. The van der Waals surface area contributed by atoms with Gasteiger partial charge >= 0.3 is 0 Å². The summed E-state index contributed by atoms with van der Waals surface area (Å²) >= 11 is 5.83. The van der Waals surface area contributed by atoms with Gasteiger partial charge in [0.2, 0.25) is 0 Å². The first kappa shape index (κ1) is 13.1. The number of nitrogens with two attached hydrogens (primary N) is 1. The average Bonchev–Trinajstić information content (AvgIpc) is 2.49. The highest BCUT2D eigenvalue weighted by atomic mass is 35.5. The Morgan fingerprint density at radius 1 is 0.950 bits per heavy atom. The lowest BCUT2D eigenvalue weighted by molar-refractivity contribution is 0.627. The maximum Gasteiger partial charge on any atom is 0.141 e. The van der Waals surface area contributed by atoms with Crippen molar-refractivity contribution in [3.63, 3.8) is 0 Å². The highest BCUT2D eigenvalue weighted by Crippen LogP contribution is 2.29. The van der Waals surface area contributed by atoms with E-state index in [4.69, 9.17) is 17.3 Å². The quantitative estimate of drug-likeness (QED) is 0.727. The van der Waals surface area contributed by atoms with Crippen molar-refractivity contribution in [3.8, 4) is 0 Å². The molecule has 1 unspecified atom stereocenters. The third-order valence-electron chi connectivity index (χ3n) is 3.46. The van der Waals surface area contributed by atoms with Crippen molar-refractivity contribution < 1.29 is 4.39 Å². The normalized spacial score (nSPS) is 12.6. The van der Waals surface area contributed by atoms with Crippen molar-refractivity contribution in [2.45, 2.75) is 6.04 Å². The van der Waals surface area contributed by atoms with Gasteiger partial charge in [0.1, 0.15) is 5.82 Å². The van der Waals surface area contributed by atoms with Gasteiger partial charge in [-0.1, -0.05) is 60.1 Å². The second-order valence-electron chi connectivity index (χ2n) is 4.72. The maximum absolute atomic E-state index is 13.2. The van der Waals surface area contributed by atoms with E-state index in [9.17, 15) is 4.39 Å². The van der Waals surface area contributed by atoms with Gasteiger partial charge in [-0.3, -0.25) is 0 Å². The van der Waals surface area contributed by atoms with Crippen LogP contribution in [0.15, 0.2) is 60.7 Å². The molecule has 0 aliphatic rings. The van der Waals surface area contributed by atoms with Crippen molar-refractivity contribution in [2.75, 3.05) is 0 Å². The molecule has 0 radical (unpaired) electrons. The van der Waals surface area contributed by atoms with Gasteiger partial charge in [0.15, 0.2) is 0 Å². The first-order chi connectivity index (χ1) is 9.66. The SMILES string of the molecule is NC(c1ccc(F)c(Cl)c1)c1cccc2ccccc12. The van der Waals surface area contributed by atoms with Crippen molar-refractivity contribution in [1.82, 2.24) is 0 Å². The molecule has 0 heterocycles. The minimum atomic E-state index is -0.430. The molecule has 0 spiro atoms. The van der Waals surface area contributed by atoms with Crippen LogP contribution >= 0.6 is 11.6 Å². The predicted octanol–water partition coefficient (Wildman–Crippen LogP) is 4.68. The molecule has 20 heavy (non-hydrogen) atoms. The summed E-state index contributed by atoms with van der Waals surface area (Å²) in [7, 11) is 0. The van der Waals surface area contributed by atoms with Crippen molar-refractivity contribution in [1.29, 1.82) is 0 Å². The van der Waals surface area contributed by atoms with Crippen LogP contribution in [0.25, 0.3) is 10.8 Å². The molecule has 3 heteroatoms. The van der Waals surface area contributed by atoms with Crippen LogP contribution in [0.2, 0.25) is 5.02 Å². The molecule has 0 fully saturated rings. The number of halogens is 2. The standard InChI is InChI=1S/C17H13ClFN/c18-15-10-12(8-9-16(15)19)17(20)14-7-3-5-11-4-1-2-6-13(11)14/h1-10,17H,20H2. The summed E-state index contributed by atoms with van der Waals surface area (Å²) in [6.45, 7) is 0. The molecule has 0 bridgehead atoms. The van der Waals surface area contributed by atoms with E-state index in [2.05, 4.69) is 0 Å². The van der Waals surface area contributed by atoms with Crippen LogP contribution in [-0.2, 0) is 0 Å². The lowest BCUT2D eigenvalue weighted by atomic mass is 9.94. The summed E-state index contributed by atoms with van der Waals surface area (Å²) < 4.78 is 13.2. The van der Waals surface area contributed by atoms with E-state index in [1.54, 1.807) is 12.1 Å². The topological polar surface area (TPSA) is 26.0 Å². The zero-order valence-corrected chi connectivity index (χ0v) is 11.4. The molecule has 0 saturated heterocycles. The Balaban J connectivity index is 2.12. The minimum absolute atomic E-state index is 0.0955. The molecule has 0 saturated carbocycles. The fourth-order valence-corrected chi connectivity index (χ4v) is 2.60. The Labute approximate surface area is 121 Å². The van der Waals surface area contributed by atoms with Crippen LogP contribution in [0.5, 0.6) is 0 Å². The molecule has 3 aromatic carbocycles. The fraction of sp³-hybridized carbons (Fsp3) is 0.0588. The predicted molar refractivity (Wildman–Crippen MR) is 81.4 cm³/mol. The molecule has 3 aromatic rings. The Hall–Kier alpha value is -1.90. The van der Waals surface area contributed by atoms with Gasteiger partial charge in [0, 0.05) is 0 Å². The molecule has 1 nitrogen and oxygen atoms in total. The largest absolute Gasteiger partial charge is 0.320 e. The first-order valence-corrected chi connectivity index (χ1v) is 6.73. The van der Waals surface area contributed by atoms with Crippen LogP contribution < -0.4 is 5.73 Å². The van der Waals surface area contributed by atoms with E-state index in [0.29, 0.717) is 0 Å². The highest BCUT2D eigenvalue weighted by Gasteiger charge is 2.13. The number of rotatable bonds is 2. The van der Waals surface area contributed by atoms with E-state index in [1.807, 2.05) is 42.5 Å². The van der Waals surface area contributed by atoms with Crippen molar-refractivity contribution in [2.24, 2.45) is 5.73 Å². The lowest BCUT2D eigenvalue weighted by Gasteiger charge is -2.15. The molecule has 0 aliphatic heterocycles. The maximum atomic E-state index is 13.2. The van der Waals surface area contributed by atoms with E-state index < -0.39 is 5.82 Å². The molecule has 2 N–H and O–H groups in total. The Bertz CT molecular complexity index is 765. The van der Waals surface area contributed by atoms with Gasteiger partial charge < -0.3 is 5.73 Å². The van der Waals surface area contributed by atoms with E-state index in [-0.39, 0.29) is 11.1 Å². The summed E-state index contributed by atoms with van der Waals surface area (Å²) in [4.78, 5) is 0. The third kappa shape index (κ3) is 2.28. The van der Waals surface area contributed by atoms with Crippen LogP contribution in [0, 0.1) is 5.82 Å². The fourth-order valence-electron chi connectivity index (χ4n) is 2.41. The zero-order chi connectivity index (χ0) is 14.1. The average molecular weight is 286 g/mol. The molecule has 100 valence electrons. The Morgan fingerprint density at radius 3 is 2.50 bits per heavy atom. The van der Waals surface area contributed by atoms with Gasteiger partial charge in [-0.25, -0.2) is 4.39 Å². The summed E-state index contributed by atoms with van der Waals surface area (Å²) in [5.74, 6) is -0.430. The molecule has 3 rings (SSSR count). The highest BCUT2D eigenvalue weighted by molar-refractivity contribution is 6.30. The molecule has 0 aliphatic carbocycles. The van der Waals surface area contributed by atoms with Crippen LogP contribution in [0.3, 0.4) is 0 Å². The van der Waals surface area contributed by atoms with E-state index in [1.165, 1.54) is 6.07 Å². The number of hydrogen-bond donors (Lipinski definition) is 1. The molecular formula is C17H13ClFN. The second-order valence-corrected chi connectivity index (χ2v) is 5.13. The zero-order valence-electron chi connectivity index (χ0n) is 10.7. The number of hydrogen-bond acceptors (Lipinski definition) is 1. The van der Waals surface area contributed by atoms with Gasteiger partial charge in [-0.05, 0) is 34.0 Å². The molecule has 1 atom stereocenters. The van der Waals surface area contributed by atoms with Crippen molar-refractivity contribution >= 4 is 22.4 Å². The molecule has 0 amide bonds. The van der Waals surface area contributed by atoms with Crippen LogP contribution in [0.1, 0.15) is 17.2 Å². The summed E-state index contributed by atoms with van der Waals surface area (Å²) in [5.41, 5.74) is 8.12. The minimum Gasteiger partial charge on any atom is -0.320 e. The van der Waals surface area contributed by atoms with E-state index >= 15 is 0 Å². The summed E-state index contributed by atoms with van der Waals surface area (Å²) in [5, 5.41) is 2.33.